The van der Waals surface area contributed by atoms with E-state index in [-0.39, 0.29) is 5.84 Å². The number of allylic oxidation sites excluding steroid dienone is 1. The summed E-state index contributed by atoms with van der Waals surface area (Å²) < 4.78 is 1.75. The molecule has 0 fully saturated rings. The Labute approximate surface area is 91.5 Å². The van der Waals surface area contributed by atoms with Gasteiger partial charge in [-0.3, -0.25) is 0 Å². The fourth-order valence-corrected chi connectivity index (χ4v) is 0.934. The molecule has 0 amide bonds. The normalized spacial score (nSPS) is 10.0. The van der Waals surface area contributed by atoms with Crippen LogP contribution >= 0.6 is 0 Å². The minimum atomic E-state index is 0.0119. The zero-order valence-electron chi connectivity index (χ0n) is 7.68. The first kappa shape index (κ1) is 10.8. The molecule has 0 aromatic carbocycles. The van der Waals surface area contributed by atoms with Gasteiger partial charge in [-0.15, -0.1) is 0 Å². The Morgan fingerprint density at radius 1 is 1.64 bits per heavy atom. The average molecular weight is 224 g/mol. The molecule has 0 radical (unpaired) electrons. The van der Waals surface area contributed by atoms with Crippen LogP contribution in [0.15, 0.2) is 24.4 Å². The number of nitrogens with zero attached hydrogens (tertiary/aromatic N) is 3. The van der Waals surface area contributed by atoms with Gasteiger partial charge in [0.2, 0.25) is 0 Å². The SMILES string of the molecule is Cc1ccnc(NC(=[N-])/C=C\[CH]=[V])n1. The van der Waals surface area contributed by atoms with Crippen molar-refractivity contribution < 1.29 is 17.0 Å². The summed E-state index contributed by atoms with van der Waals surface area (Å²) in [5, 5.41) is 12.0. The monoisotopic (exact) mass is 224 g/mol. The molecule has 0 saturated carbocycles. The van der Waals surface area contributed by atoms with Gasteiger partial charge >= 0.3 is 91.2 Å². The first-order valence-corrected chi connectivity index (χ1v) is 4.79. The topological polar surface area (TPSA) is 60.1 Å². The predicted molar refractivity (Wildman–Crippen MR) is 54.0 cm³/mol. The van der Waals surface area contributed by atoms with Crippen molar-refractivity contribution in [1.29, 1.82) is 0 Å². The number of hydrogen-bond donors (Lipinski definition) is 1. The fraction of sp³-hybridized carbons (Fsp3) is 0.111. The van der Waals surface area contributed by atoms with E-state index in [9.17, 15) is 5.41 Å². The van der Waals surface area contributed by atoms with Gasteiger partial charge in [0.25, 0.3) is 0 Å². The van der Waals surface area contributed by atoms with Crippen LogP contribution in [0.1, 0.15) is 5.69 Å². The molecule has 1 rings (SSSR count). The van der Waals surface area contributed by atoms with Crippen molar-refractivity contribution in [3.8, 4) is 0 Å². The zero-order chi connectivity index (χ0) is 10.4. The van der Waals surface area contributed by atoms with Crippen molar-refractivity contribution in [1.82, 2.24) is 9.97 Å². The van der Waals surface area contributed by atoms with Crippen LogP contribution in [0, 0.1) is 6.92 Å². The van der Waals surface area contributed by atoms with E-state index in [0.717, 1.165) is 5.69 Å². The van der Waals surface area contributed by atoms with Crippen LogP contribution in [0.5, 0.6) is 0 Å². The van der Waals surface area contributed by atoms with E-state index in [1.54, 1.807) is 23.1 Å². The molecular formula is C9H9N4V-. The molecule has 0 atom stereocenters. The Balaban J connectivity index is 2.64. The van der Waals surface area contributed by atoms with E-state index in [4.69, 9.17) is 0 Å². The van der Waals surface area contributed by atoms with Crippen molar-refractivity contribution in [3.05, 3.63) is 35.5 Å². The maximum atomic E-state index is 9.34. The molecule has 0 aliphatic carbocycles. The Kier molecular flexibility index (Phi) is 4.23. The van der Waals surface area contributed by atoms with Gasteiger partial charge in [-0.1, -0.05) is 0 Å². The van der Waals surface area contributed by atoms with Crippen molar-refractivity contribution in [2.75, 3.05) is 5.32 Å². The van der Waals surface area contributed by atoms with Crippen LogP contribution < -0.4 is 5.32 Å². The summed E-state index contributed by atoms with van der Waals surface area (Å²) in [5.41, 5.74) is 0.845. The van der Waals surface area contributed by atoms with E-state index in [1.165, 1.54) is 6.08 Å². The van der Waals surface area contributed by atoms with Crippen LogP contribution in [0.25, 0.3) is 5.41 Å². The third-order valence-corrected chi connectivity index (χ3v) is 1.64. The number of aryl methyl sites for hydroxylation is 1. The van der Waals surface area contributed by atoms with E-state index >= 15 is 0 Å². The molecule has 0 spiro atoms. The Bertz CT molecular complexity index is 373. The number of nitrogens with one attached hydrogen (secondary N) is 1. The molecule has 0 aliphatic rings. The second-order valence-electron chi connectivity index (χ2n) is 2.54. The van der Waals surface area contributed by atoms with Crippen molar-refractivity contribution in [2.24, 2.45) is 0 Å². The third kappa shape index (κ3) is 3.64. The standard InChI is InChI=1S/C9H9N4.V/c1-3-4-8(10)13-9-11-6-5-7(2)12-9;/h1,3-6H,2H3,(H-,10,11,12,13);/q-1;/b4-3-;. The number of amidine groups is 1. The predicted octanol–water partition coefficient (Wildman–Crippen LogP) is 1.07. The van der Waals surface area contributed by atoms with Gasteiger partial charge in [0.1, 0.15) is 0 Å². The molecule has 0 aliphatic heterocycles. The molecule has 5 heteroatoms. The van der Waals surface area contributed by atoms with Crippen LogP contribution in [-0.4, -0.2) is 20.5 Å². The molecular weight excluding hydrogens is 215 g/mol. The number of rotatable bonds is 3. The summed E-state index contributed by atoms with van der Waals surface area (Å²) in [4.78, 5) is 8.01. The molecule has 14 heavy (non-hydrogen) atoms. The van der Waals surface area contributed by atoms with E-state index in [1.807, 2.05) is 6.92 Å². The van der Waals surface area contributed by atoms with Crippen molar-refractivity contribution in [3.63, 3.8) is 0 Å². The molecule has 0 saturated heterocycles. The molecule has 0 unspecified atom stereocenters. The molecule has 0 bridgehead atoms. The van der Waals surface area contributed by atoms with E-state index < -0.39 is 0 Å². The molecule has 1 aromatic heterocycles. The van der Waals surface area contributed by atoms with Gasteiger partial charge < -0.3 is 0 Å². The second-order valence-corrected chi connectivity index (χ2v) is 3.01. The second kappa shape index (κ2) is 5.47. The zero-order valence-corrected chi connectivity index (χ0v) is 9.07. The molecule has 1 heterocycles. The molecule has 71 valence electrons. The van der Waals surface area contributed by atoms with Crippen LogP contribution in [0.4, 0.5) is 5.95 Å². The van der Waals surface area contributed by atoms with Gasteiger partial charge in [0, 0.05) is 0 Å². The Hall–Kier alpha value is -1.26. The summed E-state index contributed by atoms with van der Waals surface area (Å²) in [5.74, 6) is 0.399. The maximum absolute atomic E-state index is 9.34. The summed E-state index contributed by atoms with van der Waals surface area (Å²) in [6.07, 6.45) is 4.84. The molecule has 1 N–H and O–H groups in total. The summed E-state index contributed by atoms with van der Waals surface area (Å²) in [6, 6.07) is 1.79. The quantitative estimate of drug-likeness (QED) is 0.617. The van der Waals surface area contributed by atoms with E-state index in [0.29, 0.717) is 5.95 Å². The van der Waals surface area contributed by atoms with Crippen molar-refractivity contribution >= 4 is 16.5 Å². The summed E-state index contributed by atoms with van der Waals surface area (Å²) >= 11 is 2.27. The van der Waals surface area contributed by atoms with Crippen molar-refractivity contribution in [2.45, 2.75) is 6.92 Å². The molecule has 1 aromatic rings. The van der Waals surface area contributed by atoms with Gasteiger partial charge in [0.05, 0.1) is 0 Å². The molecule has 4 nitrogen and oxygen atoms in total. The third-order valence-electron chi connectivity index (χ3n) is 1.37. The van der Waals surface area contributed by atoms with Crippen LogP contribution in [-0.2, 0) is 17.0 Å². The fourth-order valence-electron chi connectivity index (χ4n) is 0.800. The number of hydrogen-bond acceptors (Lipinski definition) is 2. The first-order valence-electron chi connectivity index (χ1n) is 3.99. The van der Waals surface area contributed by atoms with Gasteiger partial charge in [-0.25, -0.2) is 0 Å². The summed E-state index contributed by atoms with van der Waals surface area (Å²) in [6.45, 7) is 1.86. The van der Waals surface area contributed by atoms with Gasteiger partial charge in [-0.2, -0.15) is 0 Å². The average Bonchev–Trinajstić information content (AvgIpc) is 2.15. The first-order chi connectivity index (χ1) is 6.72. The Morgan fingerprint density at radius 2 is 2.43 bits per heavy atom. The van der Waals surface area contributed by atoms with Gasteiger partial charge in [-0.05, 0) is 0 Å². The van der Waals surface area contributed by atoms with Gasteiger partial charge in [0.15, 0.2) is 0 Å². The van der Waals surface area contributed by atoms with E-state index in [2.05, 4.69) is 32.3 Å². The number of anilines is 1. The van der Waals surface area contributed by atoms with Crippen LogP contribution in [0.2, 0.25) is 0 Å². The minimum absolute atomic E-state index is 0.0119. The number of aromatic nitrogens is 2. The Morgan fingerprint density at radius 3 is 3.07 bits per heavy atom. The van der Waals surface area contributed by atoms with Crippen LogP contribution in [0.3, 0.4) is 0 Å². The summed E-state index contributed by atoms with van der Waals surface area (Å²) in [7, 11) is 0.